The van der Waals surface area contributed by atoms with Crippen LogP contribution in [0.2, 0.25) is 0 Å². The molecular weight excluding hydrogens is 242 g/mol. The molecule has 0 aromatic carbocycles. The Morgan fingerprint density at radius 2 is 2.05 bits per heavy atom. The molecule has 0 radical (unpaired) electrons. The molecule has 1 unspecified atom stereocenters. The summed E-state index contributed by atoms with van der Waals surface area (Å²) < 4.78 is 10.6. The Hall–Kier alpha value is -0.840. The summed E-state index contributed by atoms with van der Waals surface area (Å²) in [6.45, 7) is 1.42. The molecule has 3 rings (SSSR count). The lowest BCUT2D eigenvalue weighted by Crippen LogP contribution is -2.40. The lowest BCUT2D eigenvalue weighted by atomic mass is 10.1. The number of hydrogen-bond acceptors (Lipinski definition) is 4. The van der Waals surface area contributed by atoms with Gasteiger partial charge in [0.05, 0.1) is 19.0 Å². The highest BCUT2D eigenvalue weighted by atomic mass is 16.5. The number of rotatable bonds is 9. The monoisotopic (exact) mass is 265 g/mol. The second-order valence-electron chi connectivity index (χ2n) is 5.86. The summed E-state index contributed by atoms with van der Waals surface area (Å²) in [5, 5.41) is 13.4. The Morgan fingerprint density at radius 3 is 2.63 bits per heavy atom. The molecule has 0 aliphatic heterocycles. The minimum absolute atomic E-state index is 0.357. The largest absolute Gasteiger partial charge is 0.467 e. The standard InChI is InChI=1S/C15H23NO3/c17-13(9-18-10-14-2-1-7-19-14)8-16-15(11-3-4-11)12-5-6-12/h1-2,7,11-13,15-17H,3-6,8-10H2. The van der Waals surface area contributed by atoms with Gasteiger partial charge in [0.15, 0.2) is 0 Å². The first kappa shape index (κ1) is 13.2. The van der Waals surface area contributed by atoms with E-state index in [1.807, 2.05) is 12.1 Å². The molecule has 0 amide bonds. The summed E-state index contributed by atoms with van der Waals surface area (Å²) in [7, 11) is 0. The highest BCUT2D eigenvalue weighted by molar-refractivity contribution is 4.97. The van der Waals surface area contributed by atoms with Gasteiger partial charge in [-0.05, 0) is 49.7 Å². The van der Waals surface area contributed by atoms with Crippen molar-refractivity contribution in [1.29, 1.82) is 0 Å². The maximum atomic E-state index is 9.91. The van der Waals surface area contributed by atoms with Crippen LogP contribution in [0.15, 0.2) is 22.8 Å². The third-order valence-corrected chi connectivity index (χ3v) is 3.98. The number of ether oxygens (including phenoxy) is 1. The Bertz CT molecular complexity index is 359. The molecule has 1 aromatic rings. The van der Waals surface area contributed by atoms with Crippen molar-refractivity contribution in [1.82, 2.24) is 5.32 Å². The van der Waals surface area contributed by atoms with E-state index in [9.17, 15) is 5.11 Å². The van der Waals surface area contributed by atoms with Crippen molar-refractivity contribution >= 4 is 0 Å². The molecule has 4 nitrogen and oxygen atoms in total. The molecule has 0 saturated heterocycles. The summed E-state index contributed by atoms with van der Waals surface area (Å²) in [5.74, 6) is 2.53. The average molecular weight is 265 g/mol. The van der Waals surface area contributed by atoms with Gasteiger partial charge >= 0.3 is 0 Å². The van der Waals surface area contributed by atoms with Crippen molar-refractivity contribution in [3.63, 3.8) is 0 Å². The maximum absolute atomic E-state index is 9.91. The first-order valence-electron chi connectivity index (χ1n) is 7.34. The Balaban J connectivity index is 1.31. The Kier molecular flexibility index (Phi) is 4.21. The molecule has 2 fully saturated rings. The molecule has 0 spiro atoms. The Labute approximate surface area is 114 Å². The molecule has 2 aliphatic rings. The highest BCUT2D eigenvalue weighted by Gasteiger charge is 2.41. The van der Waals surface area contributed by atoms with Crippen LogP contribution in [0.3, 0.4) is 0 Å². The fraction of sp³-hybridized carbons (Fsp3) is 0.733. The van der Waals surface area contributed by atoms with Gasteiger partial charge in [-0.3, -0.25) is 0 Å². The van der Waals surface area contributed by atoms with Crippen molar-refractivity contribution in [2.24, 2.45) is 11.8 Å². The van der Waals surface area contributed by atoms with Crippen molar-refractivity contribution in [3.05, 3.63) is 24.2 Å². The van der Waals surface area contributed by atoms with Crippen molar-refractivity contribution in [3.8, 4) is 0 Å². The first-order valence-corrected chi connectivity index (χ1v) is 7.34. The number of furan rings is 1. The van der Waals surface area contributed by atoms with Crippen molar-refractivity contribution < 1.29 is 14.3 Å². The summed E-state index contributed by atoms with van der Waals surface area (Å²) in [5.41, 5.74) is 0. The lowest BCUT2D eigenvalue weighted by Gasteiger charge is -2.20. The molecule has 2 aliphatic carbocycles. The SMILES string of the molecule is OC(CNC(C1CC1)C1CC1)COCc1ccco1. The highest BCUT2D eigenvalue weighted by Crippen LogP contribution is 2.44. The van der Waals surface area contributed by atoms with Crippen LogP contribution in [-0.4, -0.2) is 30.4 Å². The smallest absolute Gasteiger partial charge is 0.129 e. The topological polar surface area (TPSA) is 54.6 Å². The minimum Gasteiger partial charge on any atom is -0.467 e. The van der Waals surface area contributed by atoms with Gasteiger partial charge in [0.1, 0.15) is 12.4 Å². The molecule has 0 bridgehead atoms. The van der Waals surface area contributed by atoms with Gasteiger partial charge < -0.3 is 19.6 Å². The van der Waals surface area contributed by atoms with Gasteiger partial charge in [0.2, 0.25) is 0 Å². The number of nitrogens with one attached hydrogen (secondary N) is 1. The summed E-state index contributed by atoms with van der Waals surface area (Å²) in [6, 6.07) is 4.35. The molecule has 106 valence electrons. The van der Waals surface area contributed by atoms with E-state index in [-0.39, 0.29) is 0 Å². The van der Waals surface area contributed by atoms with E-state index < -0.39 is 6.10 Å². The van der Waals surface area contributed by atoms with E-state index in [0.29, 0.717) is 25.8 Å². The van der Waals surface area contributed by atoms with Gasteiger partial charge in [-0.25, -0.2) is 0 Å². The second-order valence-corrected chi connectivity index (χ2v) is 5.86. The predicted octanol–water partition coefficient (Wildman–Crippen LogP) is 1.94. The van der Waals surface area contributed by atoms with Gasteiger partial charge in [0, 0.05) is 12.6 Å². The number of hydrogen-bond donors (Lipinski definition) is 2. The molecule has 1 atom stereocenters. The normalized spacial score (nSPS) is 20.9. The molecule has 19 heavy (non-hydrogen) atoms. The molecule has 2 N–H and O–H groups in total. The van der Waals surface area contributed by atoms with Crippen LogP contribution >= 0.6 is 0 Å². The molecule has 1 heterocycles. The van der Waals surface area contributed by atoms with E-state index >= 15 is 0 Å². The molecule has 4 heteroatoms. The molecule has 1 aromatic heterocycles. The average Bonchev–Trinajstić information content (AvgIpc) is 3.32. The van der Waals surface area contributed by atoms with E-state index in [1.54, 1.807) is 6.26 Å². The summed E-state index contributed by atoms with van der Waals surface area (Å²) in [6.07, 6.45) is 6.64. The third kappa shape index (κ3) is 4.06. The van der Waals surface area contributed by atoms with E-state index in [4.69, 9.17) is 9.15 Å². The zero-order chi connectivity index (χ0) is 13.1. The number of aliphatic hydroxyl groups excluding tert-OH is 1. The quantitative estimate of drug-likeness (QED) is 0.716. The van der Waals surface area contributed by atoms with Crippen LogP contribution in [0.1, 0.15) is 31.4 Å². The summed E-state index contributed by atoms with van der Waals surface area (Å²) >= 11 is 0. The van der Waals surface area contributed by atoms with Gasteiger partial charge in [-0.15, -0.1) is 0 Å². The van der Waals surface area contributed by atoms with Crippen LogP contribution in [0.25, 0.3) is 0 Å². The summed E-state index contributed by atoms with van der Waals surface area (Å²) in [4.78, 5) is 0. The van der Waals surface area contributed by atoms with Gasteiger partial charge in [-0.1, -0.05) is 0 Å². The van der Waals surface area contributed by atoms with Crippen LogP contribution in [0.4, 0.5) is 0 Å². The maximum Gasteiger partial charge on any atom is 0.129 e. The zero-order valence-corrected chi connectivity index (χ0v) is 11.3. The van der Waals surface area contributed by atoms with Gasteiger partial charge in [-0.2, -0.15) is 0 Å². The first-order chi connectivity index (χ1) is 9.33. The Morgan fingerprint density at radius 1 is 1.32 bits per heavy atom. The second kappa shape index (κ2) is 6.07. The fourth-order valence-corrected chi connectivity index (χ4v) is 2.65. The minimum atomic E-state index is -0.435. The van der Waals surface area contributed by atoms with E-state index in [1.165, 1.54) is 25.7 Å². The predicted molar refractivity (Wildman–Crippen MR) is 71.6 cm³/mol. The van der Waals surface area contributed by atoms with Crippen LogP contribution in [-0.2, 0) is 11.3 Å². The van der Waals surface area contributed by atoms with Crippen molar-refractivity contribution in [2.75, 3.05) is 13.2 Å². The van der Waals surface area contributed by atoms with Crippen LogP contribution in [0, 0.1) is 11.8 Å². The van der Waals surface area contributed by atoms with Gasteiger partial charge in [0.25, 0.3) is 0 Å². The zero-order valence-electron chi connectivity index (χ0n) is 11.3. The fourth-order valence-electron chi connectivity index (χ4n) is 2.65. The lowest BCUT2D eigenvalue weighted by molar-refractivity contribution is 0.0209. The third-order valence-electron chi connectivity index (χ3n) is 3.98. The van der Waals surface area contributed by atoms with Crippen LogP contribution in [0.5, 0.6) is 0 Å². The molecule has 2 saturated carbocycles. The molecular formula is C15H23NO3. The van der Waals surface area contributed by atoms with Crippen molar-refractivity contribution in [2.45, 2.75) is 44.4 Å². The van der Waals surface area contributed by atoms with E-state index in [2.05, 4.69) is 5.32 Å². The van der Waals surface area contributed by atoms with Crippen LogP contribution < -0.4 is 5.32 Å². The van der Waals surface area contributed by atoms with E-state index in [0.717, 1.165) is 17.6 Å². The number of aliphatic hydroxyl groups is 1.